The summed E-state index contributed by atoms with van der Waals surface area (Å²) >= 11 is 24.3. The molecule has 0 unspecified atom stereocenters. The van der Waals surface area contributed by atoms with E-state index in [2.05, 4.69) is 11.8 Å². The number of hydrogen-bond donors (Lipinski definition) is 0. The van der Waals surface area contributed by atoms with Gasteiger partial charge in [-0.15, -0.1) is 0 Å². The number of nitrogens with zero attached hydrogens (tertiary/aromatic N) is 1. The highest BCUT2D eigenvalue weighted by molar-refractivity contribution is 6.42. The Morgan fingerprint density at radius 1 is 0.870 bits per heavy atom. The van der Waals surface area contributed by atoms with E-state index in [0.717, 1.165) is 25.9 Å². The van der Waals surface area contributed by atoms with Crippen molar-refractivity contribution in [2.45, 2.75) is 38.9 Å². The first-order chi connectivity index (χ1) is 10.9. The van der Waals surface area contributed by atoms with Crippen LogP contribution in [0.15, 0.2) is 30.3 Å². The van der Waals surface area contributed by atoms with Crippen molar-refractivity contribution in [1.29, 1.82) is 0 Å². The van der Waals surface area contributed by atoms with Crippen LogP contribution in [0, 0.1) is 0 Å². The van der Waals surface area contributed by atoms with E-state index in [4.69, 9.17) is 46.4 Å². The Kier molecular flexibility index (Phi) is 5.45. The van der Waals surface area contributed by atoms with Crippen molar-refractivity contribution in [2.75, 3.05) is 0 Å². The van der Waals surface area contributed by atoms with Gasteiger partial charge in [-0.25, -0.2) is 0 Å². The lowest BCUT2D eigenvalue weighted by Crippen LogP contribution is -2.28. The van der Waals surface area contributed by atoms with Gasteiger partial charge in [0, 0.05) is 19.1 Å². The quantitative estimate of drug-likeness (QED) is 0.567. The third kappa shape index (κ3) is 3.97. The zero-order chi connectivity index (χ0) is 16.6. The summed E-state index contributed by atoms with van der Waals surface area (Å²) in [6.07, 6.45) is 2.04. The Morgan fingerprint density at radius 2 is 1.43 bits per heavy atom. The number of fused-ring (bicyclic) bond motifs is 1. The molecule has 2 aromatic rings. The number of rotatable bonds is 4. The first-order valence-electron chi connectivity index (χ1n) is 7.59. The van der Waals surface area contributed by atoms with Crippen LogP contribution in [0.3, 0.4) is 0 Å². The van der Waals surface area contributed by atoms with Crippen molar-refractivity contribution in [3.63, 3.8) is 0 Å². The number of benzene rings is 2. The first-order valence-corrected chi connectivity index (χ1v) is 9.10. The molecule has 0 saturated carbocycles. The van der Waals surface area contributed by atoms with Crippen LogP contribution in [-0.4, -0.2) is 10.9 Å². The maximum Gasteiger partial charge on any atom is 0.0595 e. The maximum atomic E-state index is 6.11. The van der Waals surface area contributed by atoms with Gasteiger partial charge in [-0.3, -0.25) is 4.90 Å². The molecule has 0 saturated heterocycles. The van der Waals surface area contributed by atoms with E-state index in [9.17, 15) is 0 Å². The molecule has 0 fully saturated rings. The summed E-state index contributed by atoms with van der Waals surface area (Å²) in [5.74, 6) is 0. The van der Waals surface area contributed by atoms with Gasteiger partial charge in [-0.2, -0.15) is 0 Å². The minimum atomic E-state index is 0.467. The Morgan fingerprint density at radius 3 is 2.00 bits per heavy atom. The van der Waals surface area contributed by atoms with Gasteiger partial charge in [0.1, 0.15) is 0 Å². The van der Waals surface area contributed by atoms with Crippen molar-refractivity contribution in [2.24, 2.45) is 0 Å². The average molecular weight is 389 g/mol. The molecule has 1 atom stereocenters. The van der Waals surface area contributed by atoms with Gasteiger partial charge in [-0.1, -0.05) is 52.5 Å². The lowest BCUT2D eigenvalue weighted by molar-refractivity contribution is 0.203. The van der Waals surface area contributed by atoms with Crippen molar-refractivity contribution in [3.05, 3.63) is 67.1 Å². The average Bonchev–Trinajstić information content (AvgIpc) is 2.91. The van der Waals surface area contributed by atoms with E-state index in [1.54, 1.807) is 0 Å². The highest BCUT2D eigenvalue weighted by Crippen LogP contribution is 2.33. The van der Waals surface area contributed by atoms with Crippen LogP contribution in [0.25, 0.3) is 0 Å². The summed E-state index contributed by atoms with van der Waals surface area (Å²) in [6, 6.07) is 10.3. The van der Waals surface area contributed by atoms with Gasteiger partial charge in [0.15, 0.2) is 0 Å². The van der Waals surface area contributed by atoms with E-state index in [0.29, 0.717) is 26.1 Å². The van der Waals surface area contributed by atoms with E-state index in [-0.39, 0.29) is 0 Å². The lowest BCUT2D eigenvalue weighted by Gasteiger charge is -2.23. The van der Waals surface area contributed by atoms with Gasteiger partial charge in [0.2, 0.25) is 0 Å². The molecule has 0 aromatic heterocycles. The molecule has 122 valence electrons. The normalized spacial score (nSPS) is 15.7. The van der Waals surface area contributed by atoms with Gasteiger partial charge in [0.05, 0.1) is 20.1 Å². The van der Waals surface area contributed by atoms with Crippen LogP contribution in [0.1, 0.15) is 30.0 Å². The van der Waals surface area contributed by atoms with E-state index >= 15 is 0 Å². The smallest absolute Gasteiger partial charge is 0.0595 e. The summed E-state index contributed by atoms with van der Waals surface area (Å²) < 4.78 is 0. The molecule has 1 aliphatic rings. The Bertz CT molecular complexity index is 698. The fourth-order valence-electron chi connectivity index (χ4n) is 2.98. The molecule has 1 heterocycles. The van der Waals surface area contributed by atoms with Crippen LogP contribution < -0.4 is 0 Å². The summed E-state index contributed by atoms with van der Waals surface area (Å²) in [6.45, 7) is 4.11. The highest BCUT2D eigenvalue weighted by Gasteiger charge is 2.24. The number of halogens is 4. The second-order valence-corrected chi connectivity index (χ2v) is 7.70. The maximum absolute atomic E-state index is 6.11. The third-order valence-electron chi connectivity index (χ3n) is 4.45. The van der Waals surface area contributed by atoms with Crippen molar-refractivity contribution < 1.29 is 0 Å². The van der Waals surface area contributed by atoms with Crippen molar-refractivity contribution >= 4 is 46.4 Å². The molecule has 0 N–H and O–H groups in total. The number of aryl methyl sites for hydroxylation is 1. The fourth-order valence-corrected chi connectivity index (χ4v) is 3.68. The van der Waals surface area contributed by atoms with Crippen LogP contribution in [0.4, 0.5) is 0 Å². The highest BCUT2D eigenvalue weighted by atomic mass is 35.5. The SMILES string of the molecule is C[C@H](CCc1ccc(Cl)c(Cl)c1)N1Cc2cc(Cl)c(Cl)cc2C1. The summed E-state index contributed by atoms with van der Waals surface area (Å²) in [5, 5.41) is 2.49. The minimum Gasteiger partial charge on any atom is -0.292 e. The van der Waals surface area contributed by atoms with Crippen molar-refractivity contribution in [3.8, 4) is 0 Å². The van der Waals surface area contributed by atoms with E-state index in [1.807, 2.05) is 30.3 Å². The number of hydrogen-bond acceptors (Lipinski definition) is 1. The molecule has 0 aliphatic carbocycles. The van der Waals surface area contributed by atoms with Crippen molar-refractivity contribution in [1.82, 2.24) is 4.90 Å². The predicted molar refractivity (Wildman–Crippen MR) is 100.0 cm³/mol. The van der Waals surface area contributed by atoms with E-state index < -0.39 is 0 Å². The topological polar surface area (TPSA) is 3.24 Å². The van der Waals surface area contributed by atoms with Crippen LogP contribution >= 0.6 is 46.4 Å². The van der Waals surface area contributed by atoms with Gasteiger partial charge < -0.3 is 0 Å². The minimum absolute atomic E-state index is 0.467. The molecule has 0 amide bonds. The van der Waals surface area contributed by atoms with Crippen LogP contribution in [-0.2, 0) is 19.5 Å². The molecule has 1 nitrogen and oxygen atoms in total. The zero-order valence-corrected chi connectivity index (χ0v) is 15.8. The largest absolute Gasteiger partial charge is 0.292 e. The fraction of sp³-hybridized carbons (Fsp3) is 0.333. The lowest BCUT2D eigenvalue weighted by atomic mass is 10.1. The van der Waals surface area contributed by atoms with Gasteiger partial charge in [-0.05, 0) is 60.7 Å². The van der Waals surface area contributed by atoms with Gasteiger partial charge in [0.25, 0.3) is 0 Å². The Hall–Kier alpha value is -0.440. The molecule has 0 bridgehead atoms. The Labute approximate surface area is 157 Å². The zero-order valence-electron chi connectivity index (χ0n) is 12.8. The Balaban J connectivity index is 1.61. The molecular weight excluding hydrogens is 372 g/mol. The molecular formula is C18H17Cl4N. The summed E-state index contributed by atoms with van der Waals surface area (Å²) in [7, 11) is 0. The standard InChI is InChI=1S/C18H17Cl4N/c1-11(2-3-12-4-5-15(19)16(20)6-12)23-9-13-7-17(21)18(22)8-14(13)10-23/h4-8,11H,2-3,9-10H2,1H3/t11-/m1/s1. The van der Waals surface area contributed by atoms with Gasteiger partial charge >= 0.3 is 0 Å². The molecule has 0 radical (unpaired) electrons. The van der Waals surface area contributed by atoms with Crippen LogP contribution in [0.2, 0.25) is 20.1 Å². The van der Waals surface area contributed by atoms with Crippen LogP contribution in [0.5, 0.6) is 0 Å². The predicted octanol–water partition coefficient (Wildman–Crippen LogP) is 6.64. The second kappa shape index (κ2) is 7.21. The summed E-state index contributed by atoms with van der Waals surface area (Å²) in [5.41, 5.74) is 3.77. The first kappa shape index (κ1) is 17.4. The molecule has 3 rings (SSSR count). The molecule has 23 heavy (non-hydrogen) atoms. The second-order valence-electron chi connectivity index (χ2n) is 6.08. The monoisotopic (exact) mass is 387 g/mol. The molecule has 2 aromatic carbocycles. The van der Waals surface area contributed by atoms with E-state index in [1.165, 1.54) is 16.7 Å². The third-order valence-corrected chi connectivity index (χ3v) is 5.91. The summed E-state index contributed by atoms with van der Waals surface area (Å²) in [4.78, 5) is 2.45. The molecule has 5 heteroatoms. The molecule has 0 spiro atoms. The molecule has 1 aliphatic heterocycles.